The minimum absolute atomic E-state index is 0.0520. The van der Waals surface area contributed by atoms with E-state index in [-0.39, 0.29) is 17.0 Å². The van der Waals surface area contributed by atoms with Gasteiger partial charge in [-0.1, -0.05) is 23.8 Å². The number of carbonyl (C=O) groups excluding carboxylic acids is 2. The highest BCUT2D eigenvalue weighted by Gasteiger charge is 2.20. The number of benzene rings is 3. The van der Waals surface area contributed by atoms with Crippen LogP contribution in [0, 0.1) is 20.8 Å². The van der Waals surface area contributed by atoms with Crippen LogP contribution in [0.1, 0.15) is 27.0 Å². The maximum Gasteiger partial charge on any atom is 0.269 e. The molecular weight excluding hydrogens is 468 g/mol. The molecule has 3 aromatic rings. The van der Waals surface area contributed by atoms with Crippen molar-refractivity contribution in [3.63, 3.8) is 0 Å². The second-order valence-corrected chi connectivity index (χ2v) is 9.64. The highest BCUT2D eigenvalue weighted by molar-refractivity contribution is 7.92. The summed E-state index contributed by atoms with van der Waals surface area (Å²) in [6, 6.07) is 16.5. The first kappa shape index (κ1) is 25.6. The SMILES string of the molecule is COc1ccc(NS(=O)(=O)c2cc(C(=O)NNC(=O)CNc3ccc(C)cc3C)ccc2C)cc1. The Morgan fingerprint density at radius 2 is 1.57 bits per heavy atom. The number of sulfonamides is 1. The highest BCUT2D eigenvalue weighted by Crippen LogP contribution is 2.22. The summed E-state index contributed by atoms with van der Waals surface area (Å²) in [5, 5.41) is 3.01. The molecule has 0 spiro atoms. The number of rotatable bonds is 8. The first-order chi connectivity index (χ1) is 16.6. The molecule has 0 fully saturated rings. The molecule has 9 nitrogen and oxygen atoms in total. The van der Waals surface area contributed by atoms with Crippen LogP contribution in [0.2, 0.25) is 0 Å². The summed E-state index contributed by atoms with van der Waals surface area (Å²) in [5.74, 6) is -0.515. The standard InChI is InChI=1S/C25H28N4O5S/c1-16-5-12-22(18(3)13-16)26-15-24(30)27-28-25(31)19-7-6-17(2)23(14-19)35(32,33)29-20-8-10-21(34-4)11-9-20/h5-14,26,29H,15H2,1-4H3,(H,27,30)(H,28,31). The zero-order valence-corrected chi connectivity index (χ0v) is 20.7. The van der Waals surface area contributed by atoms with Gasteiger partial charge in [0.05, 0.1) is 18.6 Å². The van der Waals surface area contributed by atoms with Crippen molar-refractivity contribution >= 4 is 33.2 Å². The molecule has 184 valence electrons. The zero-order valence-electron chi connectivity index (χ0n) is 19.9. The van der Waals surface area contributed by atoms with Gasteiger partial charge in [-0.2, -0.15) is 0 Å². The van der Waals surface area contributed by atoms with Crippen molar-refractivity contribution in [2.75, 3.05) is 23.7 Å². The number of methoxy groups -OCH3 is 1. The van der Waals surface area contributed by atoms with Crippen molar-refractivity contribution in [3.8, 4) is 5.75 Å². The normalized spacial score (nSPS) is 10.9. The molecule has 0 saturated heterocycles. The van der Waals surface area contributed by atoms with Gasteiger partial charge >= 0.3 is 0 Å². The van der Waals surface area contributed by atoms with Crippen LogP contribution < -0.4 is 25.6 Å². The first-order valence-electron chi connectivity index (χ1n) is 10.8. The molecule has 0 bridgehead atoms. The van der Waals surface area contributed by atoms with E-state index in [1.807, 2.05) is 32.0 Å². The molecule has 0 saturated carbocycles. The van der Waals surface area contributed by atoms with Gasteiger partial charge in [0.2, 0.25) is 0 Å². The number of amides is 2. The van der Waals surface area contributed by atoms with Gasteiger partial charge in [0.25, 0.3) is 21.8 Å². The average molecular weight is 497 g/mol. The third-order valence-corrected chi connectivity index (χ3v) is 6.74. The van der Waals surface area contributed by atoms with Crippen LogP contribution in [0.15, 0.2) is 65.6 Å². The van der Waals surface area contributed by atoms with E-state index in [1.165, 1.54) is 25.3 Å². The van der Waals surface area contributed by atoms with Gasteiger partial charge < -0.3 is 10.1 Å². The van der Waals surface area contributed by atoms with Gasteiger partial charge in [-0.25, -0.2) is 8.42 Å². The molecule has 4 N–H and O–H groups in total. The van der Waals surface area contributed by atoms with E-state index in [1.54, 1.807) is 31.2 Å². The molecule has 0 atom stereocenters. The van der Waals surface area contributed by atoms with Crippen LogP contribution >= 0.6 is 0 Å². The Labute approximate surface area is 204 Å². The molecule has 0 aliphatic carbocycles. The summed E-state index contributed by atoms with van der Waals surface area (Å²) < 4.78 is 33.4. The molecule has 35 heavy (non-hydrogen) atoms. The van der Waals surface area contributed by atoms with E-state index >= 15 is 0 Å². The molecule has 0 aromatic heterocycles. The Kier molecular flexibility index (Phi) is 7.98. The number of carbonyl (C=O) groups is 2. The molecule has 2 amide bonds. The Bertz CT molecular complexity index is 1340. The minimum atomic E-state index is -3.97. The van der Waals surface area contributed by atoms with Gasteiger partial charge in [0, 0.05) is 16.9 Å². The van der Waals surface area contributed by atoms with Gasteiger partial charge in [0.1, 0.15) is 5.75 Å². The van der Waals surface area contributed by atoms with Crippen molar-refractivity contribution in [2.24, 2.45) is 0 Å². The summed E-state index contributed by atoms with van der Waals surface area (Å²) in [4.78, 5) is 24.7. The van der Waals surface area contributed by atoms with Crippen molar-refractivity contribution in [3.05, 3.63) is 82.9 Å². The Hall–Kier alpha value is -4.05. The number of hydrogen-bond donors (Lipinski definition) is 4. The Morgan fingerprint density at radius 1 is 0.857 bits per heavy atom. The maximum absolute atomic E-state index is 12.9. The number of ether oxygens (including phenoxy) is 1. The number of hydrazine groups is 1. The topological polar surface area (TPSA) is 126 Å². The van der Waals surface area contributed by atoms with Crippen LogP contribution in [0.25, 0.3) is 0 Å². The molecule has 0 radical (unpaired) electrons. The smallest absolute Gasteiger partial charge is 0.269 e. The summed E-state index contributed by atoms with van der Waals surface area (Å²) >= 11 is 0. The third-order valence-electron chi connectivity index (χ3n) is 5.22. The third kappa shape index (κ3) is 6.73. The lowest BCUT2D eigenvalue weighted by atomic mass is 10.1. The molecule has 10 heteroatoms. The summed E-state index contributed by atoms with van der Waals surface area (Å²) in [6.45, 7) is 5.49. The largest absolute Gasteiger partial charge is 0.497 e. The molecule has 3 aromatic carbocycles. The fourth-order valence-electron chi connectivity index (χ4n) is 3.33. The lowest BCUT2D eigenvalue weighted by Gasteiger charge is -2.13. The predicted octanol–water partition coefficient (Wildman–Crippen LogP) is 3.29. The second-order valence-electron chi connectivity index (χ2n) is 7.99. The van der Waals surface area contributed by atoms with E-state index in [2.05, 4.69) is 20.9 Å². The number of anilines is 2. The lowest BCUT2D eigenvalue weighted by Crippen LogP contribution is -2.44. The van der Waals surface area contributed by atoms with E-state index in [0.29, 0.717) is 17.0 Å². The van der Waals surface area contributed by atoms with Crippen molar-refractivity contribution < 1.29 is 22.7 Å². The van der Waals surface area contributed by atoms with Crippen LogP contribution in [0.4, 0.5) is 11.4 Å². The minimum Gasteiger partial charge on any atom is -0.497 e. The summed E-state index contributed by atoms with van der Waals surface area (Å²) in [5.41, 5.74) is 8.46. The molecule has 0 aliphatic rings. The van der Waals surface area contributed by atoms with Crippen LogP contribution in [0.3, 0.4) is 0 Å². The fraction of sp³-hybridized carbons (Fsp3) is 0.200. The predicted molar refractivity (Wildman–Crippen MR) is 135 cm³/mol. The Balaban J connectivity index is 1.63. The zero-order chi connectivity index (χ0) is 25.6. The lowest BCUT2D eigenvalue weighted by molar-refractivity contribution is -0.120. The van der Waals surface area contributed by atoms with E-state index < -0.39 is 21.8 Å². The van der Waals surface area contributed by atoms with Crippen molar-refractivity contribution in [1.82, 2.24) is 10.9 Å². The molecule has 0 aliphatic heterocycles. The second kappa shape index (κ2) is 10.9. The van der Waals surface area contributed by atoms with Crippen molar-refractivity contribution in [2.45, 2.75) is 25.7 Å². The van der Waals surface area contributed by atoms with E-state index in [9.17, 15) is 18.0 Å². The Morgan fingerprint density at radius 3 is 2.23 bits per heavy atom. The number of aryl methyl sites for hydroxylation is 3. The van der Waals surface area contributed by atoms with Gasteiger partial charge in [-0.3, -0.25) is 25.2 Å². The van der Waals surface area contributed by atoms with Crippen LogP contribution in [-0.2, 0) is 14.8 Å². The quantitative estimate of drug-likeness (QED) is 0.355. The molecular formula is C25H28N4O5S. The fourth-order valence-corrected chi connectivity index (χ4v) is 4.66. The summed E-state index contributed by atoms with van der Waals surface area (Å²) in [7, 11) is -2.45. The number of nitrogens with one attached hydrogen (secondary N) is 4. The average Bonchev–Trinajstić information content (AvgIpc) is 2.82. The molecule has 3 rings (SSSR count). The van der Waals surface area contributed by atoms with Gasteiger partial charge in [0.15, 0.2) is 0 Å². The number of hydrogen-bond acceptors (Lipinski definition) is 6. The highest BCUT2D eigenvalue weighted by atomic mass is 32.2. The summed E-state index contributed by atoms with van der Waals surface area (Å²) in [6.07, 6.45) is 0. The van der Waals surface area contributed by atoms with Gasteiger partial charge in [-0.15, -0.1) is 0 Å². The molecule has 0 unspecified atom stereocenters. The van der Waals surface area contributed by atoms with E-state index in [0.717, 1.165) is 16.8 Å². The van der Waals surface area contributed by atoms with Gasteiger partial charge in [-0.05, 0) is 74.4 Å². The monoisotopic (exact) mass is 496 g/mol. The van der Waals surface area contributed by atoms with Crippen LogP contribution in [-0.4, -0.2) is 33.9 Å². The maximum atomic E-state index is 12.9. The first-order valence-corrected chi connectivity index (χ1v) is 12.2. The van der Waals surface area contributed by atoms with Crippen LogP contribution in [0.5, 0.6) is 5.75 Å². The van der Waals surface area contributed by atoms with E-state index in [4.69, 9.17) is 4.74 Å². The molecule has 0 heterocycles. The van der Waals surface area contributed by atoms with Crippen molar-refractivity contribution in [1.29, 1.82) is 0 Å².